The predicted molar refractivity (Wildman–Crippen MR) is 451 cm³/mol. The van der Waals surface area contributed by atoms with Gasteiger partial charge in [-0.15, -0.1) is 0 Å². The summed E-state index contributed by atoms with van der Waals surface area (Å²) in [5, 5.41) is 0. The lowest BCUT2D eigenvalue weighted by Crippen LogP contribution is -2.65. The number of fused-ring (bicyclic) bond motifs is 26. The van der Waals surface area contributed by atoms with Crippen LogP contribution in [0.4, 0.5) is 0 Å². The molecule has 0 amide bonds. The molecule has 0 heteroatoms. The Morgan fingerprint density at radius 3 is 1.03 bits per heavy atom. The van der Waals surface area contributed by atoms with E-state index in [4.69, 9.17) is 0 Å². The minimum Gasteiger partial charge on any atom is -0.0533 e. The van der Waals surface area contributed by atoms with E-state index in [1.165, 1.54) is 133 Å². The Labute approximate surface area is 659 Å². The second-order valence-electron chi connectivity index (χ2n) is 46.8. The molecule has 106 heavy (non-hydrogen) atoms. The summed E-state index contributed by atoms with van der Waals surface area (Å²) in [6, 6.07) is 0. The van der Waals surface area contributed by atoms with Crippen LogP contribution < -0.4 is 0 Å². The van der Waals surface area contributed by atoms with Crippen molar-refractivity contribution in [2.45, 2.75) is 488 Å². The molecule has 0 aromatic carbocycles. The molecule has 0 aliphatic heterocycles. The van der Waals surface area contributed by atoms with Gasteiger partial charge in [0.2, 0.25) is 0 Å². The van der Waals surface area contributed by atoms with Gasteiger partial charge in [-0.1, -0.05) is 308 Å². The Bertz CT molecular complexity index is 2580. The molecular weight excluding hydrogens is 1270 g/mol. The summed E-state index contributed by atoms with van der Waals surface area (Å²) in [7, 11) is 0. The zero-order valence-corrected chi connectivity index (χ0v) is 70.8. The van der Waals surface area contributed by atoms with E-state index in [2.05, 4.69) is 0 Å². The highest BCUT2D eigenvalue weighted by atomic mass is 14.8. The molecule has 0 N–H and O–H groups in total. The average molecular weight is 1450 g/mol. The highest BCUT2D eigenvalue weighted by molar-refractivity contribution is 5.24. The molecule has 25 fully saturated rings. The Balaban J connectivity index is 0.000000244. The Morgan fingerprint density at radius 2 is 0.604 bits per heavy atom. The van der Waals surface area contributed by atoms with Gasteiger partial charge in [0, 0.05) is 0 Å². The molecule has 0 aromatic heterocycles. The van der Waals surface area contributed by atoms with E-state index in [1.54, 1.807) is 372 Å². The van der Waals surface area contributed by atoms with Gasteiger partial charge in [0.1, 0.15) is 0 Å². The summed E-state index contributed by atoms with van der Waals surface area (Å²) in [5.74, 6) is 29.6. The van der Waals surface area contributed by atoms with Crippen molar-refractivity contribution >= 4 is 0 Å². The van der Waals surface area contributed by atoms with Gasteiger partial charge in [-0.2, -0.15) is 0 Å². The molecular formula is C106H178. The largest absolute Gasteiger partial charge is 0.0533 e. The smallest absolute Gasteiger partial charge is 0.0212 e. The van der Waals surface area contributed by atoms with E-state index in [1.807, 2.05) is 0 Å². The molecule has 25 atom stereocenters. The van der Waals surface area contributed by atoms with Crippen molar-refractivity contribution in [1.29, 1.82) is 0 Å². The molecule has 25 unspecified atom stereocenters. The maximum absolute atomic E-state index is 1.73. The van der Waals surface area contributed by atoms with Crippen LogP contribution in [0.1, 0.15) is 488 Å². The SMILES string of the molecule is C1CC2(C1)CC1CCC12.C1CCC1.C1CCC1.C1CCC1.C1CCCCC1.C1CCCCC2CC3CC4(CCCC5CCC(CCC1)CC5)C3C2C1C2CCC2C2CCC2CCCCC2CCC2CCCCC2CCC2CCCCC2CC3(CCC35CCC5CCCCC3CC5CCC5C3C3CCC3C14)C2. The standard InChI is InChI=1S/C79H128.C9H14.C6H12.3C4H8/c1-2-4-6-24-63-49-64-52-78(44-15-18-54-29-27-53(28-30-54)16-5-3-1)75(64)73(63)74-69-40-39-68(69)66-37-35-60(66)23-12-11-22-59-34-33-58(59)21-10-9-20-57-32-31-56(57)19-8-7-17-55-50-77(51-55)46-47-79(77)45-43-65(79)26-14-13-25-62-48-61-36-38-67(61)72(62)70-41-42-71(70)76(74)78;1-4-9(5-1)6-7-2-3-8(7)9;1-2-4-6-5-3-1;3*1-2-4-3-1/h53-76H,1-52H2;7-8H,1-6H2;1-6H2;3*1-4H2. The molecule has 0 heterocycles. The van der Waals surface area contributed by atoms with Crippen LogP contribution in [-0.2, 0) is 0 Å². The van der Waals surface area contributed by atoms with Crippen LogP contribution in [0.2, 0.25) is 0 Å². The summed E-state index contributed by atoms with van der Waals surface area (Å²) in [5.41, 5.74) is 3.41. The second kappa shape index (κ2) is 35.8. The van der Waals surface area contributed by atoms with Crippen molar-refractivity contribution < 1.29 is 0 Å². The third-order valence-electron chi connectivity index (χ3n) is 42.6. The maximum atomic E-state index is 1.73. The van der Waals surface area contributed by atoms with E-state index in [-0.39, 0.29) is 0 Å². The van der Waals surface area contributed by atoms with Gasteiger partial charge >= 0.3 is 0 Å². The average Bonchev–Trinajstić information content (AvgIpc) is 1.40. The van der Waals surface area contributed by atoms with E-state index in [0.29, 0.717) is 0 Å². The van der Waals surface area contributed by atoms with Gasteiger partial charge < -0.3 is 0 Å². The predicted octanol–water partition coefficient (Wildman–Crippen LogP) is 32.8. The zero-order chi connectivity index (χ0) is 70.8. The monoisotopic (exact) mass is 1450 g/mol. The van der Waals surface area contributed by atoms with Crippen molar-refractivity contribution in [3.05, 3.63) is 0 Å². The summed E-state index contributed by atoms with van der Waals surface area (Å²) in [6.07, 6.45) is 121. The molecule has 25 saturated carbocycles. The first kappa shape index (κ1) is 77.2. The minimum atomic E-state index is 0.774. The lowest BCUT2D eigenvalue weighted by atomic mass is 9.30. The normalized spacial score (nSPS) is 50.0. The Hall–Kier alpha value is 0. The number of hydrogen-bond donors (Lipinski definition) is 0. The summed E-state index contributed by atoms with van der Waals surface area (Å²) >= 11 is 0. The van der Waals surface area contributed by atoms with Gasteiger partial charge in [-0.25, -0.2) is 0 Å². The zero-order valence-electron chi connectivity index (χ0n) is 70.8. The molecule has 0 nitrogen and oxygen atoms in total. The molecule has 25 aliphatic carbocycles. The van der Waals surface area contributed by atoms with Crippen LogP contribution in [0.15, 0.2) is 0 Å². The highest BCUT2D eigenvalue weighted by Crippen LogP contribution is 2.83. The summed E-state index contributed by atoms with van der Waals surface area (Å²) < 4.78 is 0. The Morgan fingerprint density at radius 1 is 0.179 bits per heavy atom. The van der Waals surface area contributed by atoms with E-state index in [9.17, 15) is 0 Å². The van der Waals surface area contributed by atoms with Crippen molar-refractivity contribution in [1.82, 2.24) is 0 Å². The molecule has 602 valence electrons. The molecule has 25 aliphatic rings. The van der Waals surface area contributed by atoms with Gasteiger partial charge in [0.15, 0.2) is 0 Å². The fourth-order valence-corrected chi connectivity index (χ4v) is 34.3. The third-order valence-corrected chi connectivity index (χ3v) is 42.6. The Kier molecular flexibility index (Phi) is 26.1. The minimum absolute atomic E-state index is 0.774. The van der Waals surface area contributed by atoms with Crippen LogP contribution in [0.25, 0.3) is 0 Å². The van der Waals surface area contributed by atoms with Crippen LogP contribution in [0.3, 0.4) is 0 Å². The fourth-order valence-electron chi connectivity index (χ4n) is 34.3. The van der Waals surface area contributed by atoms with E-state index < -0.39 is 0 Å². The maximum Gasteiger partial charge on any atom is -0.0212 e. The van der Waals surface area contributed by atoms with Gasteiger partial charge in [-0.05, 0) is 355 Å². The van der Waals surface area contributed by atoms with Crippen LogP contribution in [0.5, 0.6) is 0 Å². The lowest BCUT2D eigenvalue weighted by molar-refractivity contribution is -0.246. The van der Waals surface area contributed by atoms with Crippen LogP contribution >= 0.6 is 0 Å². The van der Waals surface area contributed by atoms with Gasteiger partial charge in [0.05, 0.1) is 0 Å². The summed E-state index contributed by atoms with van der Waals surface area (Å²) in [6.45, 7) is 0. The molecule has 25 rings (SSSR count). The van der Waals surface area contributed by atoms with E-state index >= 15 is 0 Å². The van der Waals surface area contributed by atoms with Crippen molar-refractivity contribution in [3.63, 3.8) is 0 Å². The third kappa shape index (κ3) is 16.0. The van der Waals surface area contributed by atoms with Gasteiger partial charge in [-0.3, -0.25) is 0 Å². The summed E-state index contributed by atoms with van der Waals surface area (Å²) in [4.78, 5) is 0. The first-order chi connectivity index (χ1) is 52.5. The topological polar surface area (TPSA) is 0 Å². The number of hydrogen-bond acceptors (Lipinski definition) is 0. The lowest BCUT2D eigenvalue weighted by Gasteiger charge is -2.74. The first-order valence-corrected chi connectivity index (χ1v) is 52.5. The molecule has 0 aromatic rings. The number of rotatable bonds is 0. The molecule has 3 spiro atoms. The van der Waals surface area contributed by atoms with Crippen LogP contribution in [-0.4, -0.2) is 0 Å². The highest BCUT2D eigenvalue weighted by Gasteiger charge is 2.76. The first-order valence-electron chi connectivity index (χ1n) is 52.5. The quantitative estimate of drug-likeness (QED) is 0.227. The van der Waals surface area contributed by atoms with Crippen LogP contribution in [0, 0.1) is 176 Å². The van der Waals surface area contributed by atoms with Gasteiger partial charge in [0.25, 0.3) is 0 Å². The van der Waals surface area contributed by atoms with Crippen molar-refractivity contribution in [3.8, 4) is 0 Å². The molecule has 8 bridgehead atoms. The van der Waals surface area contributed by atoms with E-state index in [0.717, 1.165) is 158 Å². The van der Waals surface area contributed by atoms with Crippen molar-refractivity contribution in [2.24, 2.45) is 176 Å². The van der Waals surface area contributed by atoms with Crippen molar-refractivity contribution in [2.75, 3.05) is 0 Å². The molecule has 0 radical (unpaired) electrons. The molecule has 0 saturated heterocycles. The second-order valence-corrected chi connectivity index (χ2v) is 46.8. The fraction of sp³-hybridized carbons (Fsp3) is 1.00.